The third kappa shape index (κ3) is 8.07. The Balaban J connectivity index is 2.62. The average Bonchev–Trinajstić information content (AvgIpc) is 3.03. The second-order valence-electron chi connectivity index (χ2n) is 7.18. The van der Waals surface area contributed by atoms with Crippen LogP contribution in [0.3, 0.4) is 0 Å². The molecule has 1 unspecified atom stereocenters. The number of carbonyl (C=O) groups excluding carboxylic acids is 1. The van der Waals surface area contributed by atoms with Gasteiger partial charge in [0.25, 0.3) is 0 Å². The highest BCUT2D eigenvalue weighted by molar-refractivity contribution is 5.84. The van der Waals surface area contributed by atoms with E-state index in [2.05, 4.69) is 36.4 Å². The van der Waals surface area contributed by atoms with Crippen LogP contribution in [-0.2, 0) is 16.0 Å². The Bertz CT molecular complexity index is 533. The first-order chi connectivity index (χ1) is 11.7. The minimum Gasteiger partial charge on any atom is -0.469 e. The van der Waals surface area contributed by atoms with E-state index in [1.165, 1.54) is 4.90 Å². The second kappa shape index (κ2) is 10.1. The molecule has 1 aromatic heterocycles. The fraction of sp³-hybridized carbons (Fsp3) is 0.667. The molecule has 1 rings (SSSR count). The fourth-order valence-corrected chi connectivity index (χ4v) is 2.15. The number of nitrogens with zero attached hydrogens (tertiary/aromatic N) is 2. The highest BCUT2D eigenvalue weighted by Crippen LogP contribution is 2.20. The van der Waals surface area contributed by atoms with Crippen molar-refractivity contribution in [2.24, 2.45) is 10.4 Å². The lowest BCUT2D eigenvalue weighted by atomic mass is 9.89. The summed E-state index contributed by atoms with van der Waals surface area (Å²) in [4.78, 5) is 17.7. The normalized spacial score (nSPS) is 13.4. The quantitative estimate of drug-likeness (QED) is 0.548. The lowest BCUT2D eigenvalue weighted by Crippen LogP contribution is -2.46. The third-order valence-electron chi connectivity index (χ3n) is 3.82. The molecule has 0 saturated carbocycles. The molecule has 0 aromatic carbocycles. The summed E-state index contributed by atoms with van der Waals surface area (Å²) in [6.07, 6.45) is 2.42. The van der Waals surface area contributed by atoms with Gasteiger partial charge in [-0.2, -0.15) is 0 Å². The minimum absolute atomic E-state index is 0.000480. The molecule has 1 aromatic rings. The molecule has 2 N–H and O–H groups in total. The maximum atomic E-state index is 11.8. The van der Waals surface area contributed by atoms with Crippen LogP contribution in [-0.4, -0.2) is 63.7 Å². The molecular formula is C18H32N4O3. The Morgan fingerprint density at radius 3 is 2.60 bits per heavy atom. The summed E-state index contributed by atoms with van der Waals surface area (Å²) in [7, 11) is 5.14. The number of hydrogen-bond acceptors (Lipinski definition) is 4. The summed E-state index contributed by atoms with van der Waals surface area (Å²) >= 11 is 0. The van der Waals surface area contributed by atoms with E-state index in [0.717, 1.165) is 12.2 Å². The zero-order chi connectivity index (χ0) is 18.9. The van der Waals surface area contributed by atoms with E-state index in [1.807, 2.05) is 12.1 Å². The number of ether oxygens (including phenoxy) is 1. The predicted octanol–water partition coefficient (Wildman–Crippen LogP) is 1.51. The molecule has 0 fully saturated rings. The number of methoxy groups -OCH3 is 1. The summed E-state index contributed by atoms with van der Waals surface area (Å²) in [5.74, 6) is 1.44. The van der Waals surface area contributed by atoms with Crippen molar-refractivity contribution in [3.05, 3.63) is 24.2 Å². The van der Waals surface area contributed by atoms with E-state index in [9.17, 15) is 4.79 Å². The molecule has 0 saturated heterocycles. The molecule has 1 amide bonds. The van der Waals surface area contributed by atoms with Gasteiger partial charge in [0.2, 0.25) is 5.91 Å². The maximum absolute atomic E-state index is 11.8. The molecule has 1 atom stereocenters. The van der Waals surface area contributed by atoms with Crippen LogP contribution in [0.2, 0.25) is 0 Å². The molecule has 0 aliphatic heterocycles. The molecule has 0 aliphatic rings. The maximum Gasteiger partial charge on any atom is 0.243 e. The Morgan fingerprint density at radius 2 is 2.08 bits per heavy atom. The SMILES string of the molecule is COC(CNC(=NCC(=O)N(C)C)NCCc1ccco1)C(C)(C)C. The zero-order valence-corrected chi connectivity index (χ0v) is 16.3. The molecule has 7 nitrogen and oxygen atoms in total. The van der Waals surface area contributed by atoms with Gasteiger partial charge in [-0.05, 0) is 17.5 Å². The van der Waals surface area contributed by atoms with Gasteiger partial charge in [0.05, 0.1) is 12.4 Å². The Hall–Kier alpha value is -2.02. The van der Waals surface area contributed by atoms with Crippen molar-refractivity contribution >= 4 is 11.9 Å². The molecule has 1 heterocycles. The number of guanidine groups is 1. The first-order valence-corrected chi connectivity index (χ1v) is 8.51. The Kier molecular flexibility index (Phi) is 8.48. The van der Waals surface area contributed by atoms with Crippen LogP contribution in [0.15, 0.2) is 27.8 Å². The number of carbonyl (C=O) groups is 1. The van der Waals surface area contributed by atoms with Gasteiger partial charge in [-0.15, -0.1) is 0 Å². The van der Waals surface area contributed by atoms with Crippen molar-refractivity contribution < 1.29 is 13.9 Å². The van der Waals surface area contributed by atoms with E-state index in [-0.39, 0.29) is 24.0 Å². The van der Waals surface area contributed by atoms with Crippen molar-refractivity contribution in [2.75, 3.05) is 40.8 Å². The largest absolute Gasteiger partial charge is 0.469 e. The zero-order valence-electron chi connectivity index (χ0n) is 16.3. The van der Waals surface area contributed by atoms with E-state index in [4.69, 9.17) is 9.15 Å². The molecule has 25 heavy (non-hydrogen) atoms. The van der Waals surface area contributed by atoms with E-state index in [1.54, 1.807) is 27.5 Å². The van der Waals surface area contributed by atoms with Gasteiger partial charge in [-0.3, -0.25) is 4.79 Å². The van der Waals surface area contributed by atoms with Gasteiger partial charge >= 0.3 is 0 Å². The van der Waals surface area contributed by atoms with Crippen molar-refractivity contribution in [3.63, 3.8) is 0 Å². The summed E-state index contributed by atoms with van der Waals surface area (Å²) in [5.41, 5.74) is 0.000480. The Morgan fingerprint density at radius 1 is 1.36 bits per heavy atom. The average molecular weight is 352 g/mol. The van der Waals surface area contributed by atoms with Crippen LogP contribution in [0.1, 0.15) is 26.5 Å². The topological polar surface area (TPSA) is 79.1 Å². The van der Waals surface area contributed by atoms with Crippen LogP contribution < -0.4 is 10.6 Å². The second-order valence-corrected chi connectivity index (χ2v) is 7.18. The number of rotatable bonds is 8. The van der Waals surface area contributed by atoms with E-state index < -0.39 is 0 Å². The van der Waals surface area contributed by atoms with Crippen molar-refractivity contribution in [1.29, 1.82) is 0 Å². The summed E-state index contributed by atoms with van der Waals surface area (Å²) in [5, 5.41) is 6.50. The molecule has 7 heteroatoms. The molecule has 142 valence electrons. The molecule has 0 spiro atoms. The molecule has 0 radical (unpaired) electrons. The van der Waals surface area contributed by atoms with Gasteiger partial charge in [-0.1, -0.05) is 20.8 Å². The molecule has 0 aliphatic carbocycles. The van der Waals surface area contributed by atoms with Gasteiger partial charge in [-0.25, -0.2) is 4.99 Å². The number of likely N-dealkylation sites (N-methyl/N-ethyl adjacent to an activating group) is 1. The van der Waals surface area contributed by atoms with Gasteiger partial charge in [0.1, 0.15) is 12.3 Å². The highest BCUT2D eigenvalue weighted by atomic mass is 16.5. The highest BCUT2D eigenvalue weighted by Gasteiger charge is 2.24. The third-order valence-corrected chi connectivity index (χ3v) is 3.82. The summed E-state index contributed by atoms with van der Waals surface area (Å²) in [6, 6.07) is 3.80. The van der Waals surface area contributed by atoms with E-state index >= 15 is 0 Å². The van der Waals surface area contributed by atoms with Gasteiger partial charge in [0.15, 0.2) is 5.96 Å². The molecule has 0 bridgehead atoms. The van der Waals surface area contributed by atoms with Crippen molar-refractivity contribution in [2.45, 2.75) is 33.3 Å². The first kappa shape index (κ1) is 21.0. The van der Waals surface area contributed by atoms with E-state index in [0.29, 0.717) is 19.0 Å². The molecular weight excluding hydrogens is 320 g/mol. The van der Waals surface area contributed by atoms with Crippen molar-refractivity contribution in [3.8, 4) is 0 Å². The number of amides is 1. The number of furan rings is 1. The monoisotopic (exact) mass is 352 g/mol. The lowest BCUT2D eigenvalue weighted by molar-refractivity contribution is -0.127. The fourth-order valence-electron chi connectivity index (χ4n) is 2.15. The van der Waals surface area contributed by atoms with Crippen LogP contribution in [0, 0.1) is 5.41 Å². The number of aliphatic imine (C=N–C) groups is 1. The van der Waals surface area contributed by atoms with Crippen LogP contribution in [0.5, 0.6) is 0 Å². The van der Waals surface area contributed by atoms with Gasteiger partial charge < -0.3 is 24.7 Å². The number of nitrogens with one attached hydrogen (secondary N) is 2. The van der Waals surface area contributed by atoms with Crippen LogP contribution >= 0.6 is 0 Å². The standard InChI is InChI=1S/C18H32N4O3/c1-18(2,3)15(24-6)12-20-17(21-13-16(23)22(4)5)19-10-9-14-8-7-11-25-14/h7-8,11,15H,9-10,12-13H2,1-6H3,(H2,19,20,21). The summed E-state index contributed by atoms with van der Waals surface area (Å²) < 4.78 is 10.9. The van der Waals surface area contributed by atoms with Crippen molar-refractivity contribution in [1.82, 2.24) is 15.5 Å². The Labute approximate surface area is 150 Å². The smallest absolute Gasteiger partial charge is 0.243 e. The number of hydrogen-bond donors (Lipinski definition) is 2. The minimum atomic E-state index is -0.0498. The van der Waals surface area contributed by atoms with Gasteiger partial charge in [0, 0.05) is 40.7 Å². The first-order valence-electron chi connectivity index (χ1n) is 8.51. The van der Waals surface area contributed by atoms with Crippen LogP contribution in [0.25, 0.3) is 0 Å². The lowest BCUT2D eigenvalue weighted by Gasteiger charge is -2.30. The van der Waals surface area contributed by atoms with Crippen LogP contribution in [0.4, 0.5) is 0 Å². The predicted molar refractivity (Wildman–Crippen MR) is 99.7 cm³/mol. The summed E-state index contributed by atoms with van der Waals surface area (Å²) in [6.45, 7) is 7.72.